The number of nitriles is 1. The summed E-state index contributed by atoms with van der Waals surface area (Å²) < 4.78 is 16.9. The molecule has 17 heavy (non-hydrogen) atoms. The lowest BCUT2D eigenvalue weighted by Gasteiger charge is -2.11. The van der Waals surface area contributed by atoms with E-state index in [1.807, 2.05) is 12.1 Å². The van der Waals surface area contributed by atoms with Crippen LogP contribution in [0.5, 0.6) is 0 Å². The second kappa shape index (κ2) is 5.97. The van der Waals surface area contributed by atoms with Crippen LogP contribution >= 0.6 is 7.37 Å². The van der Waals surface area contributed by atoms with Gasteiger partial charge in [0.25, 0.3) is 0 Å². The molecule has 0 aliphatic heterocycles. The molecular weight excluding hydrogens is 235 g/mol. The van der Waals surface area contributed by atoms with Crippen molar-refractivity contribution in [2.75, 3.05) is 13.8 Å². The molecule has 5 heteroatoms. The lowest BCUT2D eigenvalue weighted by Crippen LogP contribution is -2.23. The van der Waals surface area contributed by atoms with Gasteiger partial charge in [0.15, 0.2) is 0 Å². The minimum absolute atomic E-state index is 0.175. The predicted molar refractivity (Wildman–Crippen MR) is 68.5 cm³/mol. The minimum atomic E-state index is -2.66. The van der Waals surface area contributed by atoms with E-state index in [1.54, 1.807) is 25.7 Å². The van der Waals surface area contributed by atoms with Crippen LogP contribution in [0.2, 0.25) is 0 Å². The molecule has 1 rings (SSSR count). The van der Waals surface area contributed by atoms with E-state index in [2.05, 4.69) is 11.4 Å². The monoisotopic (exact) mass is 252 g/mol. The van der Waals surface area contributed by atoms with Gasteiger partial charge in [0, 0.05) is 25.6 Å². The van der Waals surface area contributed by atoms with Crippen molar-refractivity contribution in [3.8, 4) is 6.07 Å². The van der Waals surface area contributed by atoms with Crippen LogP contribution < -0.4 is 10.6 Å². The van der Waals surface area contributed by atoms with Crippen LogP contribution in [0.25, 0.3) is 0 Å². The molecular formula is C12H17N2O2P. The van der Waals surface area contributed by atoms with Gasteiger partial charge in [-0.05, 0) is 24.6 Å². The van der Waals surface area contributed by atoms with Gasteiger partial charge in [-0.15, -0.1) is 0 Å². The van der Waals surface area contributed by atoms with Gasteiger partial charge in [-0.1, -0.05) is 12.1 Å². The van der Waals surface area contributed by atoms with Crippen molar-refractivity contribution in [1.82, 2.24) is 5.32 Å². The molecule has 0 aliphatic carbocycles. The second-order valence-electron chi connectivity index (χ2n) is 3.93. The fourth-order valence-corrected chi connectivity index (χ4v) is 2.21. The Morgan fingerprint density at radius 1 is 1.47 bits per heavy atom. The smallest absolute Gasteiger partial charge is 0.228 e. The van der Waals surface area contributed by atoms with Crippen molar-refractivity contribution in [2.45, 2.75) is 19.5 Å². The Morgan fingerprint density at radius 2 is 2.06 bits per heavy atom. The van der Waals surface area contributed by atoms with Gasteiger partial charge >= 0.3 is 0 Å². The molecule has 0 heterocycles. The Bertz CT molecular complexity index is 451. The van der Waals surface area contributed by atoms with Gasteiger partial charge in [0.05, 0.1) is 12.1 Å². The van der Waals surface area contributed by atoms with Crippen molar-refractivity contribution in [3.05, 3.63) is 29.8 Å². The Balaban J connectivity index is 2.70. The molecule has 4 nitrogen and oxygen atoms in total. The average Bonchev–Trinajstić information content (AvgIpc) is 2.36. The molecule has 0 aromatic heterocycles. The van der Waals surface area contributed by atoms with Crippen LogP contribution in [0.3, 0.4) is 0 Å². The maximum atomic E-state index is 11.9. The van der Waals surface area contributed by atoms with E-state index in [0.717, 1.165) is 5.56 Å². The van der Waals surface area contributed by atoms with Gasteiger partial charge in [0.1, 0.15) is 0 Å². The van der Waals surface area contributed by atoms with E-state index in [-0.39, 0.29) is 6.04 Å². The van der Waals surface area contributed by atoms with Gasteiger partial charge in [-0.3, -0.25) is 9.88 Å². The number of nitrogens with one attached hydrogen (secondary N) is 1. The summed E-state index contributed by atoms with van der Waals surface area (Å²) in [5.41, 5.74) is 1.05. The van der Waals surface area contributed by atoms with E-state index in [9.17, 15) is 4.57 Å². The molecule has 0 aliphatic rings. The van der Waals surface area contributed by atoms with Crippen LogP contribution in [-0.4, -0.2) is 19.8 Å². The Labute approximate surface area is 102 Å². The highest BCUT2D eigenvalue weighted by Crippen LogP contribution is 2.39. The third-order valence-electron chi connectivity index (χ3n) is 2.56. The van der Waals surface area contributed by atoms with Crippen molar-refractivity contribution in [2.24, 2.45) is 0 Å². The number of hydrogen-bond acceptors (Lipinski definition) is 4. The highest BCUT2D eigenvalue weighted by atomic mass is 31.2. The Hall–Kier alpha value is -1.14. The number of nitrogens with zero attached hydrogens (tertiary/aromatic N) is 1. The summed E-state index contributed by atoms with van der Waals surface area (Å²) in [6.45, 7) is 4.02. The molecule has 1 aromatic rings. The number of hydrogen-bond donors (Lipinski definition) is 1. The third-order valence-corrected chi connectivity index (χ3v) is 4.49. The minimum Gasteiger partial charge on any atom is -0.329 e. The van der Waals surface area contributed by atoms with Crippen molar-refractivity contribution < 1.29 is 9.09 Å². The second-order valence-corrected chi connectivity index (χ2v) is 6.50. The molecule has 0 bridgehead atoms. The van der Waals surface area contributed by atoms with E-state index in [0.29, 0.717) is 11.8 Å². The maximum absolute atomic E-state index is 11.9. The first-order chi connectivity index (χ1) is 7.99. The van der Waals surface area contributed by atoms with Gasteiger partial charge < -0.3 is 4.52 Å². The summed E-state index contributed by atoms with van der Waals surface area (Å²) in [4.78, 5) is 0. The van der Waals surface area contributed by atoms with Crippen LogP contribution in [0.1, 0.15) is 12.5 Å². The van der Waals surface area contributed by atoms with E-state index < -0.39 is 7.37 Å². The van der Waals surface area contributed by atoms with Crippen LogP contribution in [-0.2, 0) is 15.6 Å². The summed E-state index contributed by atoms with van der Waals surface area (Å²) >= 11 is 0. The summed E-state index contributed by atoms with van der Waals surface area (Å²) in [5, 5.41) is 12.4. The molecule has 0 saturated heterocycles. The lowest BCUT2D eigenvalue weighted by atomic mass is 10.2. The standard InChI is InChI=1S/C12H17N2O2P/c1-10(8-13)14-9-11-4-6-12(7-5-11)17(3,15)16-2/h4-7,10,14H,9H2,1-3H3. The van der Waals surface area contributed by atoms with E-state index in [1.165, 1.54) is 7.11 Å². The molecule has 0 saturated carbocycles. The predicted octanol–water partition coefficient (Wildman–Crippen LogP) is 1.87. The molecule has 2 atom stereocenters. The zero-order chi connectivity index (χ0) is 12.9. The molecule has 92 valence electrons. The van der Waals surface area contributed by atoms with Gasteiger partial charge in [-0.2, -0.15) is 5.26 Å². The molecule has 2 unspecified atom stereocenters. The SMILES string of the molecule is COP(C)(=O)c1ccc(CNC(C)C#N)cc1. The van der Waals surface area contributed by atoms with Crippen molar-refractivity contribution >= 4 is 12.7 Å². The van der Waals surface area contributed by atoms with Crippen LogP contribution in [0.4, 0.5) is 0 Å². The third kappa shape index (κ3) is 3.98. The zero-order valence-electron chi connectivity index (χ0n) is 10.3. The fraction of sp³-hybridized carbons (Fsp3) is 0.417. The first kappa shape index (κ1) is 13.9. The summed E-state index contributed by atoms with van der Waals surface area (Å²) in [6, 6.07) is 9.32. The first-order valence-corrected chi connectivity index (χ1v) is 7.42. The van der Waals surface area contributed by atoms with E-state index >= 15 is 0 Å². The van der Waals surface area contributed by atoms with Gasteiger partial charge in [-0.25, -0.2) is 0 Å². The summed E-state index contributed by atoms with van der Waals surface area (Å²) in [7, 11) is -1.21. The quantitative estimate of drug-likeness (QED) is 0.812. The molecule has 0 amide bonds. The van der Waals surface area contributed by atoms with Crippen LogP contribution in [0.15, 0.2) is 24.3 Å². The largest absolute Gasteiger partial charge is 0.329 e. The van der Waals surface area contributed by atoms with Crippen molar-refractivity contribution in [1.29, 1.82) is 5.26 Å². The highest BCUT2D eigenvalue weighted by Gasteiger charge is 2.16. The molecule has 0 fully saturated rings. The number of rotatable bonds is 5. The van der Waals surface area contributed by atoms with E-state index in [4.69, 9.17) is 9.79 Å². The fourth-order valence-electron chi connectivity index (χ4n) is 1.31. The Kier molecular flexibility index (Phi) is 4.89. The first-order valence-electron chi connectivity index (χ1n) is 5.35. The summed E-state index contributed by atoms with van der Waals surface area (Å²) in [5.74, 6) is 0. The average molecular weight is 252 g/mol. The maximum Gasteiger partial charge on any atom is 0.228 e. The molecule has 0 radical (unpaired) electrons. The van der Waals surface area contributed by atoms with Crippen molar-refractivity contribution in [3.63, 3.8) is 0 Å². The normalized spacial score (nSPS) is 15.9. The Morgan fingerprint density at radius 3 is 2.53 bits per heavy atom. The molecule has 0 spiro atoms. The molecule has 1 N–H and O–H groups in total. The number of benzene rings is 1. The summed E-state index contributed by atoms with van der Waals surface area (Å²) in [6.07, 6.45) is 0. The lowest BCUT2D eigenvalue weighted by molar-refractivity contribution is 0.408. The topological polar surface area (TPSA) is 62.1 Å². The van der Waals surface area contributed by atoms with Gasteiger partial charge in [0.2, 0.25) is 7.37 Å². The highest BCUT2D eigenvalue weighted by molar-refractivity contribution is 7.66. The van der Waals surface area contributed by atoms with Crippen LogP contribution in [0, 0.1) is 11.3 Å². The molecule has 1 aromatic carbocycles. The zero-order valence-corrected chi connectivity index (χ0v) is 11.2.